The maximum absolute atomic E-state index is 12.2. The van der Waals surface area contributed by atoms with Gasteiger partial charge in [0.2, 0.25) is 5.82 Å². The summed E-state index contributed by atoms with van der Waals surface area (Å²) in [6.07, 6.45) is 1.15. The Balaban J connectivity index is 2.11. The van der Waals surface area contributed by atoms with Gasteiger partial charge in [-0.1, -0.05) is 20.8 Å². The minimum Gasteiger partial charge on any atom is -0.391 e. The molecule has 0 aromatic carbocycles. The molecule has 1 aliphatic heterocycles. The maximum atomic E-state index is 12.2. The number of nitrogens with zero attached hydrogens (tertiary/aromatic N) is 3. The smallest absolute Gasteiger partial charge is 0.293 e. The van der Waals surface area contributed by atoms with Crippen molar-refractivity contribution in [3.8, 4) is 0 Å². The van der Waals surface area contributed by atoms with E-state index in [0.29, 0.717) is 18.9 Å². The van der Waals surface area contributed by atoms with Crippen molar-refractivity contribution < 1.29 is 9.90 Å². The molecule has 0 radical (unpaired) electrons. The summed E-state index contributed by atoms with van der Waals surface area (Å²) in [7, 11) is 0. The van der Waals surface area contributed by atoms with Gasteiger partial charge in [0.15, 0.2) is 0 Å². The van der Waals surface area contributed by atoms with E-state index in [0.717, 1.165) is 12.8 Å². The lowest BCUT2D eigenvalue weighted by atomic mass is 9.96. The topological polar surface area (TPSA) is 82.1 Å². The first-order valence-corrected chi connectivity index (χ1v) is 6.28. The summed E-state index contributed by atoms with van der Waals surface area (Å²) in [6.45, 7) is 7.05. The molecule has 6 nitrogen and oxygen atoms in total. The molecule has 1 atom stereocenters. The zero-order valence-electron chi connectivity index (χ0n) is 11.1. The van der Waals surface area contributed by atoms with Gasteiger partial charge in [-0.15, -0.1) is 5.10 Å². The molecular weight excluding hydrogens is 232 g/mol. The highest BCUT2D eigenvalue weighted by Gasteiger charge is 2.27. The van der Waals surface area contributed by atoms with Crippen LogP contribution in [0.1, 0.15) is 50.1 Å². The fourth-order valence-corrected chi connectivity index (χ4v) is 1.97. The first kappa shape index (κ1) is 13.0. The molecule has 2 heterocycles. The van der Waals surface area contributed by atoms with E-state index in [1.807, 2.05) is 20.8 Å². The van der Waals surface area contributed by atoms with Crippen molar-refractivity contribution in [3.05, 3.63) is 11.6 Å². The third-order valence-electron chi connectivity index (χ3n) is 3.07. The molecule has 6 heteroatoms. The highest BCUT2D eigenvalue weighted by Crippen LogP contribution is 2.18. The zero-order chi connectivity index (χ0) is 13.3. The van der Waals surface area contributed by atoms with Crippen LogP contribution in [0.15, 0.2) is 0 Å². The van der Waals surface area contributed by atoms with Crippen molar-refractivity contribution >= 4 is 5.91 Å². The van der Waals surface area contributed by atoms with Crippen molar-refractivity contribution in [2.75, 3.05) is 13.1 Å². The summed E-state index contributed by atoms with van der Waals surface area (Å²) in [5.41, 5.74) is -0.160. The second-order valence-electron chi connectivity index (χ2n) is 5.80. The quantitative estimate of drug-likeness (QED) is 0.770. The summed E-state index contributed by atoms with van der Waals surface area (Å²) in [4.78, 5) is 18.0. The summed E-state index contributed by atoms with van der Waals surface area (Å²) < 4.78 is 0. The number of H-pyrrole nitrogens is 1. The molecule has 1 fully saturated rings. The van der Waals surface area contributed by atoms with Crippen molar-refractivity contribution in [2.45, 2.75) is 45.1 Å². The third kappa shape index (κ3) is 2.69. The van der Waals surface area contributed by atoms with Gasteiger partial charge in [0.05, 0.1) is 6.10 Å². The van der Waals surface area contributed by atoms with Crippen LogP contribution in [0.3, 0.4) is 0 Å². The SMILES string of the molecule is CC(C)(C)c1nc(C(=O)N2CCC[C@H](O)C2)n[nH]1. The number of likely N-dealkylation sites (tertiary alicyclic amines) is 1. The van der Waals surface area contributed by atoms with E-state index in [9.17, 15) is 9.90 Å². The van der Waals surface area contributed by atoms with Gasteiger partial charge in [0.25, 0.3) is 5.91 Å². The molecule has 100 valence electrons. The fourth-order valence-electron chi connectivity index (χ4n) is 1.97. The lowest BCUT2D eigenvalue weighted by Gasteiger charge is -2.29. The average molecular weight is 252 g/mol. The predicted molar refractivity (Wildman–Crippen MR) is 66.2 cm³/mol. The fraction of sp³-hybridized carbons (Fsp3) is 0.750. The standard InChI is InChI=1S/C12H20N4O2/c1-12(2,3)11-13-9(14-15-11)10(18)16-6-4-5-8(17)7-16/h8,17H,4-7H2,1-3H3,(H,13,14,15)/t8-/m0/s1. The minimum absolute atomic E-state index is 0.160. The van der Waals surface area contributed by atoms with E-state index in [2.05, 4.69) is 15.2 Å². The van der Waals surface area contributed by atoms with Gasteiger partial charge in [-0.2, -0.15) is 0 Å². The Morgan fingerprint density at radius 2 is 2.22 bits per heavy atom. The Labute approximate surface area is 106 Å². The van der Waals surface area contributed by atoms with Gasteiger partial charge in [-0.05, 0) is 12.8 Å². The summed E-state index contributed by atoms with van der Waals surface area (Å²) >= 11 is 0. The second-order valence-corrected chi connectivity index (χ2v) is 5.80. The van der Waals surface area contributed by atoms with Crippen molar-refractivity contribution in [1.29, 1.82) is 0 Å². The molecule has 1 aromatic rings. The van der Waals surface area contributed by atoms with Crippen molar-refractivity contribution in [1.82, 2.24) is 20.1 Å². The molecule has 1 saturated heterocycles. The molecule has 0 spiro atoms. The number of β-amino-alcohol motifs (C(OH)–C–C–N with tert-alkyl or cyclic N) is 1. The summed E-state index contributed by atoms with van der Waals surface area (Å²) in [5, 5.41) is 16.3. The minimum atomic E-state index is -0.427. The van der Waals surface area contributed by atoms with Crippen LogP contribution in [0.5, 0.6) is 0 Å². The first-order valence-electron chi connectivity index (χ1n) is 6.28. The van der Waals surface area contributed by atoms with Crippen LogP contribution < -0.4 is 0 Å². The Hall–Kier alpha value is -1.43. The molecule has 18 heavy (non-hydrogen) atoms. The predicted octanol–water partition coefficient (Wildman–Crippen LogP) is 0.699. The monoisotopic (exact) mass is 252 g/mol. The van der Waals surface area contributed by atoms with Crippen LogP contribution in [-0.4, -0.2) is 50.3 Å². The van der Waals surface area contributed by atoms with Crippen LogP contribution in [-0.2, 0) is 5.41 Å². The molecule has 0 unspecified atom stereocenters. The largest absolute Gasteiger partial charge is 0.391 e. The lowest BCUT2D eigenvalue weighted by molar-refractivity contribution is 0.0464. The van der Waals surface area contributed by atoms with E-state index in [1.165, 1.54) is 0 Å². The molecule has 0 saturated carbocycles. The highest BCUT2D eigenvalue weighted by molar-refractivity contribution is 5.90. The first-order chi connectivity index (χ1) is 8.38. The molecule has 1 amide bonds. The number of hydrogen-bond acceptors (Lipinski definition) is 4. The normalized spacial score (nSPS) is 21.1. The van der Waals surface area contributed by atoms with Crippen LogP contribution in [0.25, 0.3) is 0 Å². The molecule has 2 rings (SSSR count). The molecular formula is C12H20N4O2. The van der Waals surface area contributed by atoms with Crippen LogP contribution in [0.2, 0.25) is 0 Å². The molecule has 1 aromatic heterocycles. The van der Waals surface area contributed by atoms with E-state index in [4.69, 9.17) is 0 Å². The average Bonchev–Trinajstić information content (AvgIpc) is 2.77. The van der Waals surface area contributed by atoms with Crippen LogP contribution >= 0.6 is 0 Å². The van der Waals surface area contributed by atoms with Gasteiger partial charge < -0.3 is 10.0 Å². The number of piperidine rings is 1. The zero-order valence-corrected chi connectivity index (χ0v) is 11.1. The van der Waals surface area contributed by atoms with E-state index >= 15 is 0 Å². The van der Waals surface area contributed by atoms with Gasteiger partial charge in [0.1, 0.15) is 5.82 Å². The maximum Gasteiger partial charge on any atom is 0.293 e. The van der Waals surface area contributed by atoms with Crippen LogP contribution in [0.4, 0.5) is 0 Å². The van der Waals surface area contributed by atoms with Gasteiger partial charge in [-0.3, -0.25) is 9.89 Å². The number of nitrogens with one attached hydrogen (secondary N) is 1. The Morgan fingerprint density at radius 1 is 1.50 bits per heavy atom. The number of aromatic nitrogens is 3. The number of rotatable bonds is 1. The van der Waals surface area contributed by atoms with Crippen LogP contribution in [0, 0.1) is 0 Å². The molecule has 0 aliphatic carbocycles. The van der Waals surface area contributed by atoms with Crippen molar-refractivity contribution in [3.63, 3.8) is 0 Å². The Kier molecular flexibility index (Phi) is 3.38. The number of aliphatic hydroxyl groups excluding tert-OH is 1. The van der Waals surface area contributed by atoms with Crippen molar-refractivity contribution in [2.24, 2.45) is 0 Å². The molecule has 2 N–H and O–H groups in total. The Morgan fingerprint density at radius 3 is 2.78 bits per heavy atom. The number of aliphatic hydroxyl groups is 1. The summed E-state index contributed by atoms with van der Waals surface area (Å²) in [5.74, 6) is 0.679. The number of carbonyl (C=O) groups is 1. The van der Waals surface area contributed by atoms with Gasteiger partial charge >= 0.3 is 0 Å². The summed E-state index contributed by atoms with van der Waals surface area (Å²) in [6, 6.07) is 0. The lowest BCUT2D eigenvalue weighted by Crippen LogP contribution is -2.42. The second kappa shape index (κ2) is 4.68. The third-order valence-corrected chi connectivity index (χ3v) is 3.07. The number of aromatic amines is 1. The molecule has 1 aliphatic rings. The van der Waals surface area contributed by atoms with E-state index in [1.54, 1.807) is 4.90 Å². The van der Waals surface area contributed by atoms with E-state index in [-0.39, 0.29) is 17.1 Å². The number of amides is 1. The number of carbonyl (C=O) groups excluding carboxylic acids is 1. The van der Waals surface area contributed by atoms with Gasteiger partial charge in [-0.25, -0.2) is 4.98 Å². The van der Waals surface area contributed by atoms with E-state index < -0.39 is 6.10 Å². The Bertz CT molecular complexity index is 436. The molecule has 0 bridgehead atoms. The van der Waals surface area contributed by atoms with Gasteiger partial charge in [0, 0.05) is 18.5 Å². The number of hydrogen-bond donors (Lipinski definition) is 2. The highest BCUT2D eigenvalue weighted by atomic mass is 16.3.